The van der Waals surface area contributed by atoms with Crippen molar-refractivity contribution < 1.29 is 14.0 Å². The topological polar surface area (TPSA) is 44.5 Å². The number of hydrogen-bond acceptors (Lipinski definition) is 3. The number of hydrogen-bond donors (Lipinski definition) is 1. The first-order valence-corrected chi connectivity index (χ1v) is 4.74. The highest BCUT2D eigenvalue weighted by atomic mass is 79.9. The minimum Gasteiger partial charge on any atom is -0.496 e. The summed E-state index contributed by atoms with van der Waals surface area (Å²) in [6.07, 6.45) is 0. The largest absolute Gasteiger partial charge is 0.496 e. The maximum Gasteiger partial charge on any atom is 0.138 e. The van der Waals surface area contributed by atoms with Gasteiger partial charge in [-0.15, -0.1) is 0 Å². The van der Waals surface area contributed by atoms with Crippen molar-refractivity contribution in [3.63, 3.8) is 0 Å². The van der Waals surface area contributed by atoms with Crippen LogP contribution in [0.15, 0.2) is 10.5 Å². The molecule has 0 radical (unpaired) electrons. The zero-order chi connectivity index (χ0) is 10.7. The summed E-state index contributed by atoms with van der Waals surface area (Å²) in [5.74, 6) is 5.19. The lowest BCUT2D eigenvalue weighted by Gasteiger charge is -2.12. The van der Waals surface area contributed by atoms with E-state index in [-0.39, 0.29) is 12.4 Å². The van der Waals surface area contributed by atoms with E-state index in [0.29, 0.717) is 21.3 Å². The van der Waals surface area contributed by atoms with Gasteiger partial charge in [-0.1, -0.05) is 0 Å². The van der Waals surface area contributed by atoms with Crippen LogP contribution in [0.1, 0.15) is 11.1 Å². The Hall–Kier alpha value is -0.650. The molecule has 0 atom stereocenters. The molecule has 14 heavy (non-hydrogen) atoms. The highest BCUT2D eigenvalue weighted by Gasteiger charge is 2.15. The van der Waals surface area contributed by atoms with Crippen LogP contribution in [0.5, 0.6) is 5.75 Å². The summed E-state index contributed by atoms with van der Waals surface area (Å²) >= 11 is 3.12. The second-order valence-corrected chi connectivity index (χ2v) is 3.61. The van der Waals surface area contributed by atoms with Gasteiger partial charge < -0.3 is 4.74 Å². The Kier molecular flexibility index (Phi) is 3.86. The average Bonchev–Trinajstić information content (AvgIpc) is 2.14. The maximum absolute atomic E-state index is 13.3. The smallest absolute Gasteiger partial charge is 0.138 e. The van der Waals surface area contributed by atoms with E-state index in [1.807, 2.05) is 0 Å². The van der Waals surface area contributed by atoms with Gasteiger partial charge in [-0.05, 0) is 34.5 Å². The van der Waals surface area contributed by atoms with Crippen molar-refractivity contribution in [2.24, 2.45) is 5.90 Å². The van der Waals surface area contributed by atoms with Crippen molar-refractivity contribution in [3.8, 4) is 5.75 Å². The molecule has 3 nitrogen and oxygen atoms in total. The summed E-state index contributed by atoms with van der Waals surface area (Å²) in [6.45, 7) is 1.86. The Labute approximate surface area is 90.1 Å². The quantitative estimate of drug-likeness (QED) is 0.852. The average molecular weight is 264 g/mol. The van der Waals surface area contributed by atoms with Crippen molar-refractivity contribution in [1.82, 2.24) is 0 Å². The summed E-state index contributed by atoms with van der Waals surface area (Å²) in [7, 11) is 1.52. The van der Waals surface area contributed by atoms with E-state index in [0.717, 1.165) is 0 Å². The molecule has 5 heteroatoms. The molecular weight excluding hydrogens is 253 g/mol. The van der Waals surface area contributed by atoms with Gasteiger partial charge in [0.1, 0.15) is 11.6 Å². The normalized spacial score (nSPS) is 10.4. The van der Waals surface area contributed by atoms with Gasteiger partial charge in [-0.2, -0.15) is 0 Å². The van der Waals surface area contributed by atoms with E-state index < -0.39 is 0 Å². The third-order valence-corrected chi connectivity index (χ3v) is 2.74. The molecule has 1 aromatic rings. The van der Waals surface area contributed by atoms with Crippen LogP contribution in [0.4, 0.5) is 4.39 Å². The van der Waals surface area contributed by atoms with Crippen molar-refractivity contribution in [2.75, 3.05) is 7.11 Å². The summed E-state index contributed by atoms with van der Waals surface area (Å²) < 4.78 is 18.7. The maximum atomic E-state index is 13.3. The van der Waals surface area contributed by atoms with Gasteiger partial charge in [0.15, 0.2) is 0 Å². The fourth-order valence-corrected chi connectivity index (χ4v) is 1.71. The molecule has 0 amide bonds. The Bertz CT molecular complexity index is 344. The van der Waals surface area contributed by atoms with Crippen LogP contribution in [0.3, 0.4) is 0 Å². The molecule has 1 rings (SSSR count). The minimum absolute atomic E-state index is 0.0996. The molecule has 0 fully saturated rings. The van der Waals surface area contributed by atoms with Crippen molar-refractivity contribution >= 4 is 15.9 Å². The van der Waals surface area contributed by atoms with E-state index in [1.165, 1.54) is 13.2 Å². The van der Waals surface area contributed by atoms with E-state index in [9.17, 15) is 4.39 Å². The Morgan fingerprint density at radius 1 is 1.57 bits per heavy atom. The molecule has 78 valence electrons. The molecule has 0 aromatic heterocycles. The van der Waals surface area contributed by atoms with Gasteiger partial charge in [0, 0.05) is 5.56 Å². The first kappa shape index (κ1) is 11.4. The van der Waals surface area contributed by atoms with Gasteiger partial charge in [-0.3, -0.25) is 4.84 Å². The fraction of sp³-hybridized carbons (Fsp3) is 0.333. The predicted molar refractivity (Wildman–Crippen MR) is 54.4 cm³/mol. The van der Waals surface area contributed by atoms with Crippen LogP contribution < -0.4 is 10.6 Å². The summed E-state index contributed by atoms with van der Waals surface area (Å²) in [4.78, 5) is 4.48. The van der Waals surface area contributed by atoms with Gasteiger partial charge >= 0.3 is 0 Å². The number of aryl methyl sites for hydroxylation is 1. The monoisotopic (exact) mass is 263 g/mol. The molecule has 0 saturated carbocycles. The third-order valence-electron chi connectivity index (χ3n) is 1.88. The van der Waals surface area contributed by atoms with Crippen molar-refractivity contribution in [2.45, 2.75) is 13.5 Å². The highest BCUT2D eigenvalue weighted by molar-refractivity contribution is 9.10. The van der Waals surface area contributed by atoms with Crippen LogP contribution in [0, 0.1) is 12.7 Å². The molecule has 2 N–H and O–H groups in total. The molecule has 0 spiro atoms. The molecule has 0 aliphatic rings. The number of ether oxygens (including phenoxy) is 1. The van der Waals surface area contributed by atoms with Gasteiger partial charge in [0.05, 0.1) is 18.2 Å². The summed E-state index contributed by atoms with van der Waals surface area (Å²) in [5.41, 5.74) is 1.28. The molecule has 0 aliphatic carbocycles. The molecule has 0 saturated heterocycles. The van der Waals surface area contributed by atoms with Gasteiger partial charge in [-0.25, -0.2) is 10.3 Å². The number of nitrogens with two attached hydrogens (primary N) is 1. The second kappa shape index (κ2) is 4.72. The first-order chi connectivity index (χ1) is 6.61. The molecule has 0 bridgehead atoms. The number of benzene rings is 1. The molecule has 0 aliphatic heterocycles. The molecule has 0 unspecified atom stereocenters. The fourth-order valence-electron chi connectivity index (χ4n) is 1.30. The van der Waals surface area contributed by atoms with Gasteiger partial charge in [0.25, 0.3) is 0 Å². The predicted octanol–water partition coefficient (Wildman–Crippen LogP) is 2.30. The van der Waals surface area contributed by atoms with E-state index in [4.69, 9.17) is 10.6 Å². The summed E-state index contributed by atoms with van der Waals surface area (Å²) in [5, 5.41) is 0. The lowest BCUT2D eigenvalue weighted by molar-refractivity contribution is 0.121. The number of rotatable bonds is 3. The first-order valence-electron chi connectivity index (χ1n) is 3.95. The SMILES string of the molecule is COc1c(C)cc(F)c(Br)c1CON. The van der Waals surface area contributed by atoms with Gasteiger partial charge in [0.2, 0.25) is 0 Å². The summed E-state index contributed by atoms with van der Waals surface area (Å²) in [6, 6.07) is 1.39. The number of halogens is 2. The minimum atomic E-state index is -0.352. The Balaban J connectivity index is 3.32. The van der Waals surface area contributed by atoms with E-state index >= 15 is 0 Å². The lowest BCUT2D eigenvalue weighted by atomic mass is 10.1. The van der Waals surface area contributed by atoms with Crippen LogP contribution in [0.2, 0.25) is 0 Å². The van der Waals surface area contributed by atoms with Crippen LogP contribution in [-0.2, 0) is 11.4 Å². The zero-order valence-corrected chi connectivity index (χ0v) is 9.52. The Morgan fingerprint density at radius 3 is 2.71 bits per heavy atom. The lowest BCUT2D eigenvalue weighted by Crippen LogP contribution is -2.04. The number of methoxy groups -OCH3 is 1. The molecule has 1 aromatic carbocycles. The zero-order valence-electron chi connectivity index (χ0n) is 7.93. The van der Waals surface area contributed by atoms with Crippen LogP contribution in [0.25, 0.3) is 0 Å². The van der Waals surface area contributed by atoms with Crippen LogP contribution in [-0.4, -0.2) is 7.11 Å². The van der Waals surface area contributed by atoms with Crippen molar-refractivity contribution in [3.05, 3.63) is 27.5 Å². The van der Waals surface area contributed by atoms with E-state index in [2.05, 4.69) is 20.8 Å². The van der Waals surface area contributed by atoms with E-state index in [1.54, 1.807) is 6.92 Å². The second-order valence-electron chi connectivity index (χ2n) is 2.81. The Morgan fingerprint density at radius 2 is 2.21 bits per heavy atom. The van der Waals surface area contributed by atoms with Crippen molar-refractivity contribution in [1.29, 1.82) is 0 Å². The standard InChI is InChI=1S/C9H11BrFNO2/c1-5-3-7(11)8(10)6(4-14-12)9(5)13-2/h3H,4,12H2,1-2H3. The van der Waals surface area contributed by atoms with Crippen LogP contribution >= 0.6 is 15.9 Å². The third kappa shape index (κ3) is 2.05. The molecular formula is C9H11BrFNO2. The highest BCUT2D eigenvalue weighted by Crippen LogP contribution is 2.32. The molecule has 0 heterocycles.